The maximum Gasteiger partial charge on any atom is 0.416 e. The molecule has 0 amide bonds. The number of carbonyl (C=O) groups is 1. The highest BCUT2D eigenvalue weighted by molar-refractivity contribution is 5.76. The molecule has 1 saturated carbocycles. The molecule has 1 aliphatic carbocycles. The number of aromatic nitrogens is 1. The number of carboxylic acid groups (broad SMARTS) is 1. The molecule has 0 radical (unpaired) electrons. The van der Waals surface area contributed by atoms with E-state index in [1.807, 2.05) is 13.8 Å². The number of alkyl halides is 3. The van der Waals surface area contributed by atoms with Gasteiger partial charge in [0.1, 0.15) is 11.5 Å². The van der Waals surface area contributed by atoms with Gasteiger partial charge in [0.25, 0.3) is 0 Å². The smallest absolute Gasteiger partial charge is 0.416 e. The molecule has 6 nitrogen and oxygen atoms in total. The normalized spacial score (nSPS) is 19.3. The second-order valence-electron chi connectivity index (χ2n) is 10.1. The van der Waals surface area contributed by atoms with E-state index in [1.165, 1.54) is 12.1 Å². The average molecular weight is 498 g/mol. The van der Waals surface area contributed by atoms with E-state index in [2.05, 4.69) is 4.98 Å². The largest absolute Gasteiger partial charge is 0.479 e. The Kier molecular flexibility index (Phi) is 8.64. The molecule has 0 bridgehead atoms. The lowest BCUT2D eigenvalue weighted by Crippen LogP contribution is -2.37. The molecule has 2 atom stereocenters. The summed E-state index contributed by atoms with van der Waals surface area (Å²) < 4.78 is 56.1. The van der Waals surface area contributed by atoms with E-state index in [9.17, 15) is 23.1 Å². The molecule has 1 aromatic carbocycles. The summed E-state index contributed by atoms with van der Waals surface area (Å²) in [5.41, 5.74) is -0.795. The molecule has 2 unspecified atom stereocenters. The minimum atomic E-state index is -4.39. The van der Waals surface area contributed by atoms with Gasteiger partial charge in [-0.2, -0.15) is 13.2 Å². The van der Waals surface area contributed by atoms with Crippen LogP contribution in [0.3, 0.4) is 0 Å². The van der Waals surface area contributed by atoms with Crippen LogP contribution in [-0.4, -0.2) is 34.9 Å². The summed E-state index contributed by atoms with van der Waals surface area (Å²) in [6.45, 7) is 8.24. The van der Waals surface area contributed by atoms with E-state index in [-0.39, 0.29) is 18.4 Å². The number of hydrogen-bond acceptors (Lipinski definition) is 5. The zero-order valence-electron chi connectivity index (χ0n) is 20.7. The highest BCUT2D eigenvalue weighted by atomic mass is 19.4. The summed E-state index contributed by atoms with van der Waals surface area (Å²) in [7, 11) is 0. The third-order valence-electron chi connectivity index (χ3n) is 6.39. The minimum absolute atomic E-state index is 0.0399. The number of halogens is 3. The molecule has 2 aromatic rings. The van der Waals surface area contributed by atoms with Gasteiger partial charge in [-0.1, -0.05) is 20.3 Å². The SMILES string of the molecule is CC(C)c1oc(-c2ccc(C(F)(F)F)cc2)nc1COCC1CCCC(COC(C)(C)C(=O)O)C1. The Bertz CT molecular complexity index is 982. The molecule has 1 N–H and O–H groups in total. The van der Waals surface area contributed by atoms with Crippen LogP contribution in [0.4, 0.5) is 13.2 Å². The van der Waals surface area contributed by atoms with E-state index in [4.69, 9.17) is 13.9 Å². The van der Waals surface area contributed by atoms with Crippen molar-refractivity contribution in [2.24, 2.45) is 11.8 Å². The first-order valence-electron chi connectivity index (χ1n) is 12.0. The standard InChI is InChI=1S/C26H34F3NO5/c1-16(2)22-21(30-23(35-22)19-8-10-20(11-9-19)26(27,28)29)15-33-13-17-6-5-7-18(12-17)14-34-25(3,4)24(31)32/h8-11,16-18H,5-7,12-15H2,1-4H3,(H,31,32). The Morgan fingerprint density at radius 3 is 2.34 bits per heavy atom. The Morgan fingerprint density at radius 1 is 1.14 bits per heavy atom. The average Bonchev–Trinajstić information content (AvgIpc) is 3.22. The monoisotopic (exact) mass is 497 g/mol. The predicted octanol–water partition coefficient (Wildman–Crippen LogP) is 6.69. The highest BCUT2D eigenvalue weighted by Crippen LogP contribution is 2.33. The fourth-order valence-electron chi connectivity index (χ4n) is 4.26. The van der Waals surface area contributed by atoms with Crippen molar-refractivity contribution in [3.63, 3.8) is 0 Å². The molecule has 0 spiro atoms. The third-order valence-corrected chi connectivity index (χ3v) is 6.39. The van der Waals surface area contributed by atoms with Crippen molar-refractivity contribution in [3.05, 3.63) is 41.3 Å². The maximum atomic E-state index is 12.9. The summed E-state index contributed by atoms with van der Waals surface area (Å²) in [5, 5.41) is 9.22. The van der Waals surface area contributed by atoms with Crippen LogP contribution in [0.25, 0.3) is 11.5 Å². The van der Waals surface area contributed by atoms with Crippen LogP contribution in [0, 0.1) is 11.8 Å². The van der Waals surface area contributed by atoms with E-state index in [0.717, 1.165) is 37.8 Å². The van der Waals surface area contributed by atoms with Gasteiger partial charge in [-0.25, -0.2) is 9.78 Å². The van der Waals surface area contributed by atoms with Crippen LogP contribution in [0.5, 0.6) is 0 Å². The molecule has 0 saturated heterocycles. The van der Waals surface area contributed by atoms with Gasteiger partial charge < -0.3 is 19.0 Å². The Morgan fingerprint density at radius 2 is 1.77 bits per heavy atom. The number of benzene rings is 1. The summed E-state index contributed by atoms with van der Waals surface area (Å²) in [5.74, 6) is 0.632. The van der Waals surface area contributed by atoms with Crippen LogP contribution in [0.2, 0.25) is 0 Å². The number of rotatable bonds is 10. The van der Waals surface area contributed by atoms with Crippen LogP contribution >= 0.6 is 0 Å². The molecule has 1 aliphatic rings. The minimum Gasteiger partial charge on any atom is -0.479 e. The van der Waals surface area contributed by atoms with Gasteiger partial charge in [-0.3, -0.25) is 0 Å². The summed E-state index contributed by atoms with van der Waals surface area (Å²) in [6, 6.07) is 4.76. The summed E-state index contributed by atoms with van der Waals surface area (Å²) in [4.78, 5) is 15.8. The molecule has 194 valence electrons. The lowest BCUT2D eigenvalue weighted by Gasteiger charge is -2.31. The number of oxazole rings is 1. The molecule has 1 heterocycles. The van der Waals surface area contributed by atoms with Crippen LogP contribution < -0.4 is 0 Å². The third kappa shape index (κ3) is 7.30. The van der Waals surface area contributed by atoms with Gasteiger partial charge >= 0.3 is 12.1 Å². The van der Waals surface area contributed by atoms with Crippen molar-refractivity contribution in [1.29, 1.82) is 0 Å². The molecule has 35 heavy (non-hydrogen) atoms. The quantitative estimate of drug-likeness (QED) is 0.394. The Labute approximate surface area is 203 Å². The maximum absolute atomic E-state index is 12.9. The van der Waals surface area contributed by atoms with E-state index < -0.39 is 23.3 Å². The summed E-state index contributed by atoms with van der Waals surface area (Å²) in [6.07, 6.45) is -0.417. The van der Waals surface area contributed by atoms with Crippen LogP contribution in [0.15, 0.2) is 28.7 Å². The molecule has 1 aromatic heterocycles. The molecule has 1 fully saturated rings. The van der Waals surface area contributed by atoms with Crippen molar-refractivity contribution in [2.75, 3.05) is 13.2 Å². The number of ether oxygens (including phenoxy) is 2. The van der Waals surface area contributed by atoms with E-state index >= 15 is 0 Å². The van der Waals surface area contributed by atoms with Gasteiger partial charge in [-0.05, 0) is 69.2 Å². The number of aliphatic carboxylic acids is 1. The molecular formula is C26H34F3NO5. The number of carboxylic acids is 1. The first kappa shape index (κ1) is 27.2. The number of hydrogen-bond donors (Lipinski definition) is 1. The molecule has 9 heteroatoms. The van der Waals surface area contributed by atoms with Gasteiger partial charge in [0.2, 0.25) is 5.89 Å². The first-order valence-corrected chi connectivity index (χ1v) is 12.0. The fraction of sp³-hybridized carbons (Fsp3) is 0.615. The Hall–Kier alpha value is -2.39. The molecular weight excluding hydrogens is 463 g/mol. The van der Waals surface area contributed by atoms with E-state index in [1.54, 1.807) is 13.8 Å². The fourth-order valence-corrected chi connectivity index (χ4v) is 4.26. The first-order chi connectivity index (χ1) is 16.4. The van der Waals surface area contributed by atoms with Crippen LogP contribution in [-0.2, 0) is 27.1 Å². The van der Waals surface area contributed by atoms with Gasteiger partial charge in [-0.15, -0.1) is 0 Å². The zero-order chi connectivity index (χ0) is 25.8. The van der Waals surface area contributed by atoms with Crippen molar-refractivity contribution < 1.29 is 37.0 Å². The van der Waals surface area contributed by atoms with Crippen molar-refractivity contribution in [2.45, 2.75) is 77.7 Å². The van der Waals surface area contributed by atoms with Crippen LogP contribution in [0.1, 0.15) is 76.3 Å². The van der Waals surface area contributed by atoms with Crippen molar-refractivity contribution in [3.8, 4) is 11.5 Å². The highest BCUT2D eigenvalue weighted by Gasteiger charge is 2.31. The summed E-state index contributed by atoms with van der Waals surface area (Å²) >= 11 is 0. The number of nitrogens with zero attached hydrogens (tertiary/aromatic N) is 1. The molecule has 3 rings (SSSR count). The van der Waals surface area contributed by atoms with Gasteiger partial charge in [0.15, 0.2) is 5.60 Å². The Balaban J connectivity index is 1.57. The second-order valence-corrected chi connectivity index (χ2v) is 10.1. The van der Waals surface area contributed by atoms with Gasteiger partial charge in [0, 0.05) is 18.1 Å². The second kappa shape index (κ2) is 11.1. The van der Waals surface area contributed by atoms with Crippen molar-refractivity contribution >= 4 is 5.97 Å². The topological polar surface area (TPSA) is 81.8 Å². The molecule has 0 aliphatic heterocycles. The van der Waals surface area contributed by atoms with E-state index in [0.29, 0.717) is 42.1 Å². The predicted molar refractivity (Wildman–Crippen MR) is 124 cm³/mol. The lowest BCUT2D eigenvalue weighted by atomic mass is 9.82. The zero-order valence-corrected chi connectivity index (χ0v) is 20.7. The van der Waals surface area contributed by atoms with Crippen molar-refractivity contribution in [1.82, 2.24) is 4.98 Å². The van der Waals surface area contributed by atoms with Gasteiger partial charge in [0.05, 0.1) is 18.8 Å². The lowest BCUT2D eigenvalue weighted by molar-refractivity contribution is -0.163.